The zero-order valence-electron chi connectivity index (χ0n) is 16.8. The second kappa shape index (κ2) is 6.27. The molecule has 3 aromatic carbocycles. The Morgan fingerprint density at radius 3 is 2.10 bits per heavy atom. The molecule has 0 fully saturated rings. The SMILES string of the molecule is CC1(C(=O)Nc2cc3ccccc3cn2)CC2c3ccccc3C1c1ccccc12. The first-order valence-corrected chi connectivity index (χ1v) is 10.5. The largest absolute Gasteiger partial charge is 0.310 e. The van der Waals surface area contributed by atoms with Gasteiger partial charge in [0, 0.05) is 23.4 Å². The molecule has 4 aromatic rings. The molecular weight excluding hydrogens is 368 g/mol. The van der Waals surface area contributed by atoms with Crippen LogP contribution in [0.3, 0.4) is 0 Å². The van der Waals surface area contributed by atoms with E-state index in [0.717, 1.165) is 17.2 Å². The van der Waals surface area contributed by atoms with E-state index < -0.39 is 5.41 Å². The summed E-state index contributed by atoms with van der Waals surface area (Å²) in [7, 11) is 0. The third-order valence-corrected chi connectivity index (χ3v) is 7.02. The minimum atomic E-state index is -0.527. The van der Waals surface area contributed by atoms with E-state index in [1.165, 1.54) is 22.3 Å². The van der Waals surface area contributed by atoms with Gasteiger partial charge in [-0.2, -0.15) is 0 Å². The molecule has 3 nitrogen and oxygen atoms in total. The average Bonchev–Trinajstić information content (AvgIpc) is 2.79. The highest BCUT2D eigenvalue weighted by Gasteiger charge is 2.53. The number of carbonyl (C=O) groups is 1. The van der Waals surface area contributed by atoms with Crippen LogP contribution in [0.4, 0.5) is 5.82 Å². The Balaban J connectivity index is 1.42. The van der Waals surface area contributed by atoms with E-state index in [9.17, 15) is 4.79 Å². The molecule has 0 saturated heterocycles. The van der Waals surface area contributed by atoms with E-state index in [1.807, 2.05) is 36.5 Å². The van der Waals surface area contributed by atoms with Crippen LogP contribution < -0.4 is 5.32 Å². The highest BCUT2D eigenvalue weighted by molar-refractivity contribution is 5.98. The van der Waals surface area contributed by atoms with Crippen LogP contribution in [0, 0.1) is 5.41 Å². The number of nitrogens with one attached hydrogen (secondary N) is 1. The highest BCUT2D eigenvalue weighted by atomic mass is 16.2. The third kappa shape index (κ3) is 2.38. The Morgan fingerprint density at radius 2 is 1.43 bits per heavy atom. The van der Waals surface area contributed by atoms with E-state index in [2.05, 4.69) is 65.8 Å². The minimum Gasteiger partial charge on any atom is -0.310 e. The van der Waals surface area contributed by atoms with Gasteiger partial charge >= 0.3 is 0 Å². The van der Waals surface area contributed by atoms with Gasteiger partial charge in [0.05, 0.1) is 5.41 Å². The van der Waals surface area contributed by atoms with Gasteiger partial charge in [-0.15, -0.1) is 0 Å². The maximum atomic E-state index is 13.7. The van der Waals surface area contributed by atoms with Crippen LogP contribution in [-0.2, 0) is 4.79 Å². The Bertz CT molecular complexity index is 1260. The molecule has 0 radical (unpaired) electrons. The summed E-state index contributed by atoms with van der Waals surface area (Å²) >= 11 is 0. The van der Waals surface area contributed by atoms with Crippen LogP contribution in [0.5, 0.6) is 0 Å². The van der Waals surface area contributed by atoms with Gasteiger partial charge in [-0.25, -0.2) is 4.98 Å². The van der Waals surface area contributed by atoms with Crippen LogP contribution in [0.1, 0.15) is 47.4 Å². The van der Waals surface area contributed by atoms with Crippen molar-refractivity contribution < 1.29 is 4.79 Å². The molecule has 1 N–H and O–H groups in total. The molecule has 1 atom stereocenters. The van der Waals surface area contributed by atoms with Gasteiger partial charge in [-0.1, -0.05) is 72.8 Å². The van der Waals surface area contributed by atoms with Crippen molar-refractivity contribution in [1.82, 2.24) is 4.98 Å². The summed E-state index contributed by atoms with van der Waals surface area (Å²) in [5.41, 5.74) is 4.79. The van der Waals surface area contributed by atoms with Crippen LogP contribution in [0.2, 0.25) is 0 Å². The molecule has 7 rings (SSSR count). The molecule has 1 unspecified atom stereocenters. The van der Waals surface area contributed by atoms with Gasteiger partial charge in [0.25, 0.3) is 0 Å². The molecule has 3 aliphatic rings. The lowest BCUT2D eigenvalue weighted by molar-refractivity contribution is -0.126. The molecule has 1 aromatic heterocycles. The Morgan fingerprint density at radius 1 is 0.867 bits per heavy atom. The summed E-state index contributed by atoms with van der Waals surface area (Å²) in [4.78, 5) is 18.2. The molecule has 30 heavy (non-hydrogen) atoms. The first kappa shape index (κ1) is 17.4. The number of amides is 1. The van der Waals surface area contributed by atoms with Crippen molar-refractivity contribution in [3.05, 3.63) is 107 Å². The third-order valence-electron chi connectivity index (χ3n) is 7.02. The molecule has 0 aliphatic heterocycles. The van der Waals surface area contributed by atoms with E-state index in [1.54, 1.807) is 0 Å². The fourth-order valence-electron chi connectivity index (χ4n) is 5.60. The van der Waals surface area contributed by atoms with Crippen LogP contribution in [0.15, 0.2) is 85.1 Å². The molecule has 3 heteroatoms. The Labute approximate surface area is 175 Å². The van der Waals surface area contributed by atoms with Gasteiger partial charge in [0.1, 0.15) is 5.82 Å². The first-order chi connectivity index (χ1) is 14.6. The normalized spacial score (nSPS) is 23.6. The number of nitrogens with zero attached hydrogens (tertiary/aromatic N) is 1. The number of anilines is 1. The van der Waals surface area contributed by atoms with Gasteiger partial charge in [0.15, 0.2) is 0 Å². The van der Waals surface area contributed by atoms with Crippen molar-refractivity contribution in [2.24, 2.45) is 5.41 Å². The number of fused-ring (bicyclic) bond motifs is 2. The molecule has 1 amide bonds. The molecular formula is C27H22N2O. The average molecular weight is 390 g/mol. The van der Waals surface area contributed by atoms with Crippen molar-refractivity contribution in [3.63, 3.8) is 0 Å². The summed E-state index contributed by atoms with van der Waals surface area (Å²) < 4.78 is 0. The lowest BCUT2D eigenvalue weighted by Crippen LogP contribution is -2.47. The lowest BCUT2D eigenvalue weighted by atomic mass is 9.52. The van der Waals surface area contributed by atoms with Crippen LogP contribution >= 0.6 is 0 Å². The lowest BCUT2D eigenvalue weighted by Gasteiger charge is -2.50. The van der Waals surface area contributed by atoms with Crippen molar-refractivity contribution in [2.75, 3.05) is 5.32 Å². The number of hydrogen-bond donors (Lipinski definition) is 1. The topological polar surface area (TPSA) is 42.0 Å². The molecule has 0 spiro atoms. The number of carbonyl (C=O) groups excluding carboxylic acids is 1. The van der Waals surface area contributed by atoms with Gasteiger partial charge in [0.2, 0.25) is 5.91 Å². The fraction of sp³-hybridized carbons (Fsp3) is 0.185. The number of aromatic nitrogens is 1. The van der Waals surface area contributed by atoms with Crippen LogP contribution in [-0.4, -0.2) is 10.9 Å². The summed E-state index contributed by atoms with van der Waals surface area (Å²) in [5, 5.41) is 5.29. The van der Waals surface area contributed by atoms with E-state index >= 15 is 0 Å². The molecule has 0 saturated carbocycles. The van der Waals surface area contributed by atoms with Crippen LogP contribution in [0.25, 0.3) is 10.8 Å². The highest BCUT2D eigenvalue weighted by Crippen LogP contribution is 2.61. The summed E-state index contributed by atoms with van der Waals surface area (Å²) in [6.07, 6.45) is 2.63. The smallest absolute Gasteiger partial charge is 0.232 e. The molecule has 146 valence electrons. The quantitative estimate of drug-likeness (QED) is 0.466. The molecule has 2 bridgehead atoms. The number of pyridine rings is 1. The van der Waals surface area contributed by atoms with E-state index in [-0.39, 0.29) is 17.7 Å². The molecule has 3 aliphatic carbocycles. The predicted octanol–water partition coefficient (Wildman–Crippen LogP) is 5.86. The molecule has 1 heterocycles. The number of benzene rings is 3. The predicted molar refractivity (Wildman–Crippen MR) is 120 cm³/mol. The second-order valence-electron chi connectivity index (χ2n) is 8.74. The Kier molecular flexibility index (Phi) is 3.64. The summed E-state index contributed by atoms with van der Waals surface area (Å²) in [6, 6.07) is 27.3. The van der Waals surface area contributed by atoms with Crippen molar-refractivity contribution >= 4 is 22.5 Å². The first-order valence-electron chi connectivity index (χ1n) is 10.5. The fourth-order valence-corrected chi connectivity index (χ4v) is 5.60. The summed E-state index contributed by atoms with van der Waals surface area (Å²) in [5.74, 6) is 0.963. The summed E-state index contributed by atoms with van der Waals surface area (Å²) in [6.45, 7) is 2.12. The zero-order valence-corrected chi connectivity index (χ0v) is 16.8. The van der Waals surface area contributed by atoms with Crippen molar-refractivity contribution in [2.45, 2.75) is 25.2 Å². The minimum absolute atomic E-state index is 0.0456. The van der Waals surface area contributed by atoms with Crippen molar-refractivity contribution in [3.8, 4) is 0 Å². The zero-order chi connectivity index (χ0) is 20.3. The maximum Gasteiger partial charge on any atom is 0.232 e. The van der Waals surface area contributed by atoms with E-state index in [0.29, 0.717) is 5.82 Å². The van der Waals surface area contributed by atoms with Crippen molar-refractivity contribution in [1.29, 1.82) is 0 Å². The Hall–Kier alpha value is -3.46. The van der Waals surface area contributed by atoms with Gasteiger partial charge in [-0.05, 0) is 47.1 Å². The second-order valence-corrected chi connectivity index (χ2v) is 8.74. The number of rotatable bonds is 2. The maximum absolute atomic E-state index is 13.7. The van der Waals surface area contributed by atoms with Gasteiger partial charge < -0.3 is 5.32 Å². The van der Waals surface area contributed by atoms with E-state index in [4.69, 9.17) is 0 Å². The monoisotopic (exact) mass is 390 g/mol. The van der Waals surface area contributed by atoms with Gasteiger partial charge in [-0.3, -0.25) is 4.79 Å². The number of hydrogen-bond acceptors (Lipinski definition) is 2. The standard InChI is InChI=1S/C27H22N2O/c1-27(26(30)29-24-14-17-8-2-3-9-18(17)16-28-24)15-23-19-10-4-6-12-21(19)25(27)22-13-7-5-11-20(22)23/h2-14,16,23,25H,15H2,1H3,(H,28,29,30).